The van der Waals surface area contributed by atoms with E-state index in [2.05, 4.69) is 16.6 Å². The van der Waals surface area contributed by atoms with Crippen LogP contribution in [0.15, 0.2) is 0 Å². The average molecular weight is 226 g/mol. The molecule has 0 atom stereocenters. The van der Waals surface area contributed by atoms with Gasteiger partial charge in [-0.05, 0) is 30.3 Å². The molecule has 15 heavy (non-hydrogen) atoms. The molecule has 0 bridgehead atoms. The third kappa shape index (κ3) is 5.71. The van der Waals surface area contributed by atoms with Crippen molar-refractivity contribution in [2.75, 3.05) is 31.1 Å². The highest BCUT2D eigenvalue weighted by atomic mass is 32.2. The molecule has 1 rings (SSSR count). The molecule has 1 aliphatic heterocycles. The van der Waals surface area contributed by atoms with Gasteiger partial charge in [0, 0.05) is 6.54 Å². The number of terminal acetylenes is 1. The van der Waals surface area contributed by atoms with Gasteiger partial charge in [-0.2, -0.15) is 11.8 Å². The summed E-state index contributed by atoms with van der Waals surface area (Å²) in [6.45, 7) is 1.59. The normalized spacial score (nSPS) is 17.0. The van der Waals surface area contributed by atoms with Crippen molar-refractivity contribution < 1.29 is 4.79 Å². The molecular weight excluding hydrogens is 208 g/mol. The first kappa shape index (κ1) is 12.4. The topological polar surface area (TPSA) is 41.1 Å². The predicted molar refractivity (Wildman–Crippen MR) is 64.8 cm³/mol. The summed E-state index contributed by atoms with van der Waals surface area (Å²) < 4.78 is 0. The molecule has 0 aromatic carbocycles. The van der Waals surface area contributed by atoms with Crippen molar-refractivity contribution >= 4 is 17.7 Å². The maximum atomic E-state index is 11.3. The van der Waals surface area contributed by atoms with Crippen LogP contribution in [0.3, 0.4) is 0 Å². The Morgan fingerprint density at radius 2 is 2.20 bits per heavy atom. The molecule has 3 nitrogen and oxygen atoms in total. The average Bonchev–Trinajstić information content (AvgIpc) is 2.28. The standard InChI is InChI=1S/C11H18N2OS/c1-2-5-12-9-11(14)13-8-10-3-6-15-7-4-10/h1,10,12H,3-9H2,(H,13,14). The summed E-state index contributed by atoms with van der Waals surface area (Å²) >= 11 is 2.00. The summed E-state index contributed by atoms with van der Waals surface area (Å²) in [5.74, 6) is 5.61. The minimum Gasteiger partial charge on any atom is -0.355 e. The summed E-state index contributed by atoms with van der Waals surface area (Å²) in [4.78, 5) is 11.3. The Labute approximate surface area is 95.8 Å². The molecule has 0 saturated carbocycles. The molecule has 0 aliphatic carbocycles. The zero-order valence-corrected chi connectivity index (χ0v) is 9.74. The summed E-state index contributed by atoms with van der Waals surface area (Å²) in [5, 5.41) is 5.80. The summed E-state index contributed by atoms with van der Waals surface area (Å²) in [6, 6.07) is 0. The van der Waals surface area contributed by atoms with Crippen LogP contribution in [-0.4, -0.2) is 37.0 Å². The van der Waals surface area contributed by atoms with Crippen molar-refractivity contribution in [2.45, 2.75) is 12.8 Å². The van der Waals surface area contributed by atoms with Crippen LogP contribution in [0.25, 0.3) is 0 Å². The first-order valence-corrected chi connectivity index (χ1v) is 6.47. The third-order valence-corrected chi connectivity index (χ3v) is 3.49. The molecule has 84 valence electrons. The molecule has 0 radical (unpaired) electrons. The van der Waals surface area contributed by atoms with Gasteiger partial charge in [0.05, 0.1) is 13.1 Å². The molecule has 0 aromatic heterocycles. The second kappa shape index (κ2) is 7.61. The van der Waals surface area contributed by atoms with E-state index in [0.717, 1.165) is 6.54 Å². The number of hydrogen-bond donors (Lipinski definition) is 2. The molecule has 1 amide bonds. The van der Waals surface area contributed by atoms with E-state index in [1.165, 1.54) is 24.3 Å². The first-order valence-electron chi connectivity index (χ1n) is 5.31. The minimum absolute atomic E-state index is 0.0449. The number of carbonyl (C=O) groups excluding carboxylic acids is 1. The van der Waals surface area contributed by atoms with Crippen LogP contribution < -0.4 is 10.6 Å². The molecule has 4 heteroatoms. The highest BCUT2D eigenvalue weighted by Gasteiger charge is 2.14. The number of rotatable bonds is 5. The second-order valence-electron chi connectivity index (χ2n) is 3.67. The van der Waals surface area contributed by atoms with Crippen molar-refractivity contribution in [1.82, 2.24) is 10.6 Å². The summed E-state index contributed by atoms with van der Waals surface area (Å²) in [6.07, 6.45) is 7.51. The van der Waals surface area contributed by atoms with Crippen molar-refractivity contribution in [3.05, 3.63) is 0 Å². The highest BCUT2D eigenvalue weighted by molar-refractivity contribution is 7.99. The van der Waals surface area contributed by atoms with Crippen LogP contribution in [0.5, 0.6) is 0 Å². The molecule has 1 saturated heterocycles. The molecule has 2 N–H and O–H groups in total. The number of carbonyl (C=O) groups is 1. The lowest BCUT2D eigenvalue weighted by molar-refractivity contribution is -0.120. The van der Waals surface area contributed by atoms with Crippen LogP contribution in [-0.2, 0) is 4.79 Å². The summed E-state index contributed by atoms with van der Waals surface area (Å²) in [5.41, 5.74) is 0. The number of nitrogens with one attached hydrogen (secondary N) is 2. The van der Waals surface area contributed by atoms with Gasteiger partial charge in [0.25, 0.3) is 0 Å². The SMILES string of the molecule is C#CCNCC(=O)NCC1CCSCC1. The number of amides is 1. The molecule has 1 aliphatic rings. The largest absolute Gasteiger partial charge is 0.355 e. The first-order chi connectivity index (χ1) is 7.33. The monoisotopic (exact) mass is 226 g/mol. The fraction of sp³-hybridized carbons (Fsp3) is 0.727. The van der Waals surface area contributed by atoms with Gasteiger partial charge in [-0.3, -0.25) is 10.1 Å². The lowest BCUT2D eigenvalue weighted by atomic mass is 10.0. The molecule has 1 heterocycles. The Balaban J connectivity index is 2.03. The van der Waals surface area contributed by atoms with Crippen molar-refractivity contribution in [3.8, 4) is 12.3 Å². The second-order valence-corrected chi connectivity index (χ2v) is 4.89. The number of thioether (sulfide) groups is 1. The van der Waals surface area contributed by atoms with Crippen molar-refractivity contribution in [2.24, 2.45) is 5.92 Å². The van der Waals surface area contributed by atoms with Crippen molar-refractivity contribution in [3.63, 3.8) is 0 Å². The van der Waals surface area contributed by atoms with E-state index in [9.17, 15) is 4.79 Å². The van der Waals surface area contributed by atoms with Gasteiger partial charge in [0.2, 0.25) is 5.91 Å². The van der Waals surface area contributed by atoms with E-state index in [1.807, 2.05) is 11.8 Å². The minimum atomic E-state index is 0.0449. The van der Waals surface area contributed by atoms with Crippen molar-refractivity contribution in [1.29, 1.82) is 0 Å². The quantitative estimate of drug-likeness (QED) is 0.529. The van der Waals surface area contributed by atoms with Crippen LogP contribution in [0.4, 0.5) is 0 Å². The van der Waals surface area contributed by atoms with Gasteiger partial charge >= 0.3 is 0 Å². The maximum absolute atomic E-state index is 11.3. The Kier molecular flexibility index (Phi) is 6.29. The maximum Gasteiger partial charge on any atom is 0.233 e. The van der Waals surface area contributed by atoms with E-state index in [-0.39, 0.29) is 5.91 Å². The van der Waals surface area contributed by atoms with E-state index in [1.54, 1.807) is 0 Å². The van der Waals surface area contributed by atoms with E-state index >= 15 is 0 Å². The molecular formula is C11H18N2OS. The van der Waals surface area contributed by atoms with Crippen LogP contribution >= 0.6 is 11.8 Å². The third-order valence-electron chi connectivity index (χ3n) is 2.44. The Bertz CT molecular complexity index is 231. The fourth-order valence-corrected chi connectivity index (χ4v) is 2.72. The van der Waals surface area contributed by atoms with Gasteiger partial charge in [-0.25, -0.2) is 0 Å². The smallest absolute Gasteiger partial charge is 0.233 e. The zero-order valence-electron chi connectivity index (χ0n) is 8.92. The van der Waals surface area contributed by atoms with Gasteiger partial charge in [-0.1, -0.05) is 5.92 Å². The van der Waals surface area contributed by atoms with Crippen LogP contribution in [0.2, 0.25) is 0 Å². The van der Waals surface area contributed by atoms with Gasteiger partial charge in [0.1, 0.15) is 0 Å². The van der Waals surface area contributed by atoms with Gasteiger partial charge in [0.15, 0.2) is 0 Å². The summed E-state index contributed by atoms with van der Waals surface area (Å²) in [7, 11) is 0. The molecule has 1 fully saturated rings. The van der Waals surface area contributed by atoms with E-state index < -0.39 is 0 Å². The molecule has 0 aromatic rings. The lowest BCUT2D eigenvalue weighted by Crippen LogP contribution is -2.37. The van der Waals surface area contributed by atoms with Crippen LogP contribution in [0.1, 0.15) is 12.8 Å². The Morgan fingerprint density at radius 1 is 1.47 bits per heavy atom. The van der Waals surface area contributed by atoms with Crippen LogP contribution in [0, 0.1) is 18.3 Å². The van der Waals surface area contributed by atoms with Gasteiger partial charge in [-0.15, -0.1) is 6.42 Å². The van der Waals surface area contributed by atoms with E-state index in [4.69, 9.17) is 6.42 Å². The fourth-order valence-electron chi connectivity index (χ4n) is 1.52. The lowest BCUT2D eigenvalue weighted by Gasteiger charge is -2.21. The Morgan fingerprint density at radius 3 is 2.87 bits per heavy atom. The Hall–Kier alpha value is -0.660. The predicted octanol–water partition coefficient (Wildman–Crippen LogP) is 0.469. The number of hydrogen-bond acceptors (Lipinski definition) is 3. The highest BCUT2D eigenvalue weighted by Crippen LogP contribution is 2.21. The molecule has 0 unspecified atom stereocenters. The zero-order chi connectivity index (χ0) is 10.9. The van der Waals surface area contributed by atoms with Gasteiger partial charge < -0.3 is 5.32 Å². The molecule has 0 spiro atoms. The van der Waals surface area contributed by atoms with E-state index in [0.29, 0.717) is 19.0 Å².